The Morgan fingerprint density at radius 1 is 1.04 bits per heavy atom. The SMILES string of the molecule is O=S(=O)(O)c1cc(Cl)cc(N=Nc2c([O-])nc3ccccc3c2[O-])c1[O-].[Cr+3]. The van der Waals surface area contributed by atoms with Crippen LogP contribution in [0, 0.1) is 0 Å². The van der Waals surface area contributed by atoms with Crippen molar-refractivity contribution in [1.29, 1.82) is 0 Å². The normalized spacial score (nSPS) is 11.6. The topological polar surface area (TPSA) is 161 Å². The number of benzene rings is 2. The molecule has 0 aliphatic carbocycles. The van der Waals surface area contributed by atoms with Gasteiger partial charge in [-0.1, -0.05) is 41.3 Å². The Morgan fingerprint density at radius 2 is 1.70 bits per heavy atom. The summed E-state index contributed by atoms with van der Waals surface area (Å²) in [6.45, 7) is 0. The minimum absolute atomic E-state index is 0. The Kier molecular flexibility index (Phi) is 5.94. The van der Waals surface area contributed by atoms with Crippen molar-refractivity contribution in [2.45, 2.75) is 4.90 Å². The van der Waals surface area contributed by atoms with Gasteiger partial charge in [-0.2, -0.15) is 18.6 Å². The number of para-hydroxylation sites is 1. The maximum Gasteiger partial charge on any atom is 3.00 e. The summed E-state index contributed by atoms with van der Waals surface area (Å²) in [5.41, 5.74) is -1.03. The first-order chi connectivity index (χ1) is 12.2. The first-order valence-electron chi connectivity index (χ1n) is 6.85. The van der Waals surface area contributed by atoms with Crippen LogP contribution in [0.5, 0.6) is 17.4 Å². The molecule has 3 rings (SSSR count). The molecule has 0 bridgehead atoms. The third-order valence-electron chi connectivity index (χ3n) is 3.32. The summed E-state index contributed by atoms with van der Waals surface area (Å²) in [6.07, 6.45) is 0. The fourth-order valence-electron chi connectivity index (χ4n) is 2.16. The van der Waals surface area contributed by atoms with Crippen LogP contribution in [0.1, 0.15) is 0 Å². The molecule has 0 spiro atoms. The Balaban J connectivity index is 0.00000261. The van der Waals surface area contributed by atoms with Gasteiger partial charge in [0.15, 0.2) is 0 Å². The molecular formula is C15H7ClCrN3O6S. The Labute approximate surface area is 168 Å². The fourth-order valence-corrected chi connectivity index (χ4v) is 3.05. The molecular weight excluding hydrogens is 438 g/mol. The minimum atomic E-state index is -4.84. The molecule has 1 aromatic heterocycles. The van der Waals surface area contributed by atoms with E-state index < -0.39 is 43.8 Å². The van der Waals surface area contributed by atoms with Gasteiger partial charge in [-0.25, -0.2) is 0 Å². The van der Waals surface area contributed by atoms with E-state index in [2.05, 4.69) is 15.2 Å². The number of hydrogen-bond acceptors (Lipinski definition) is 8. The minimum Gasteiger partial charge on any atom is -0.870 e. The van der Waals surface area contributed by atoms with Crippen LogP contribution in [0.3, 0.4) is 0 Å². The summed E-state index contributed by atoms with van der Waals surface area (Å²) in [6, 6.07) is 7.81. The maximum atomic E-state index is 12.3. The van der Waals surface area contributed by atoms with Gasteiger partial charge in [-0.05, 0) is 23.6 Å². The largest absolute Gasteiger partial charge is 3.00 e. The van der Waals surface area contributed by atoms with Crippen molar-refractivity contribution in [2.75, 3.05) is 0 Å². The van der Waals surface area contributed by atoms with Crippen molar-refractivity contribution in [2.24, 2.45) is 10.2 Å². The Morgan fingerprint density at radius 3 is 2.37 bits per heavy atom. The number of azo groups is 1. The first kappa shape index (κ1) is 20.9. The Bertz CT molecular complexity index is 1170. The first-order valence-corrected chi connectivity index (χ1v) is 8.67. The van der Waals surface area contributed by atoms with Gasteiger partial charge in [0.25, 0.3) is 10.1 Å². The summed E-state index contributed by atoms with van der Waals surface area (Å²) in [7, 11) is -4.84. The zero-order chi connectivity index (χ0) is 19.1. The second-order valence-corrected chi connectivity index (χ2v) is 6.87. The molecule has 2 aromatic carbocycles. The van der Waals surface area contributed by atoms with Crippen molar-refractivity contribution < 1.29 is 45.7 Å². The summed E-state index contributed by atoms with van der Waals surface area (Å²) >= 11 is 5.70. The molecule has 27 heavy (non-hydrogen) atoms. The average Bonchev–Trinajstić information content (AvgIpc) is 2.56. The molecule has 3 aromatic rings. The van der Waals surface area contributed by atoms with E-state index >= 15 is 0 Å². The second-order valence-electron chi connectivity index (χ2n) is 5.04. The second kappa shape index (κ2) is 7.68. The number of nitrogens with zero attached hydrogens (tertiary/aromatic N) is 3. The van der Waals surface area contributed by atoms with Crippen LogP contribution < -0.4 is 15.3 Å². The summed E-state index contributed by atoms with van der Waals surface area (Å²) in [4.78, 5) is 2.70. The molecule has 0 saturated carbocycles. The number of aromatic nitrogens is 1. The third-order valence-corrected chi connectivity index (χ3v) is 4.40. The molecule has 0 atom stereocenters. The molecule has 1 radical (unpaired) electrons. The van der Waals surface area contributed by atoms with E-state index in [0.29, 0.717) is 0 Å². The van der Waals surface area contributed by atoms with Crippen molar-refractivity contribution in [3.8, 4) is 17.4 Å². The smallest absolute Gasteiger partial charge is 0.870 e. The van der Waals surface area contributed by atoms with Crippen LogP contribution in [-0.4, -0.2) is 18.0 Å². The van der Waals surface area contributed by atoms with E-state index in [1.165, 1.54) is 12.1 Å². The molecule has 1 N–H and O–H groups in total. The van der Waals surface area contributed by atoms with E-state index in [1.54, 1.807) is 12.1 Å². The molecule has 12 heteroatoms. The van der Waals surface area contributed by atoms with Crippen LogP contribution in [0.25, 0.3) is 10.9 Å². The molecule has 0 aliphatic rings. The average molecular weight is 445 g/mol. The number of fused-ring (bicyclic) bond motifs is 1. The molecule has 9 nitrogen and oxygen atoms in total. The van der Waals surface area contributed by atoms with Gasteiger partial charge in [-0.15, -0.1) is 0 Å². The van der Waals surface area contributed by atoms with Gasteiger partial charge in [0.1, 0.15) is 0 Å². The van der Waals surface area contributed by atoms with Crippen molar-refractivity contribution in [3.63, 3.8) is 0 Å². The standard InChI is InChI=1S/C15H10ClN3O6S.Cr/c16-7-5-10(14(21)11(6-7)26(23,24)25)18-19-12-13(20)8-3-1-2-4-9(8)17-15(12)22;/h1-6,21H,(H2,17,20,22)(H,23,24,25);/q;+3/p-3. The van der Waals surface area contributed by atoms with Gasteiger partial charge in [0, 0.05) is 10.9 Å². The van der Waals surface area contributed by atoms with E-state index in [-0.39, 0.29) is 33.3 Å². The fraction of sp³-hybridized carbons (Fsp3) is 0. The predicted molar refractivity (Wildman–Crippen MR) is 85.5 cm³/mol. The van der Waals surface area contributed by atoms with E-state index in [9.17, 15) is 23.7 Å². The van der Waals surface area contributed by atoms with Crippen molar-refractivity contribution >= 4 is 44.0 Å². The van der Waals surface area contributed by atoms with E-state index in [1.807, 2.05) is 0 Å². The van der Waals surface area contributed by atoms with E-state index in [0.717, 1.165) is 12.1 Å². The van der Waals surface area contributed by atoms with Gasteiger partial charge in [-0.3, -0.25) is 9.54 Å². The zero-order valence-corrected chi connectivity index (χ0v) is 15.8. The monoisotopic (exact) mass is 444 g/mol. The number of rotatable bonds is 3. The third kappa shape index (κ3) is 4.13. The number of hydrogen-bond donors (Lipinski definition) is 1. The zero-order valence-electron chi connectivity index (χ0n) is 13.0. The number of halogens is 1. The molecule has 0 amide bonds. The molecule has 0 aliphatic heterocycles. The predicted octanol–water partition coefficient (Wildman–Crippen LogP) is 1.77. The molecule has 0 unspecified atom stereocenters. The van der Waals surface area contributed by atoms with E-state index in [4.69, 9.17) is 16.2 Å². The summed E-state index contributed by atoms with van der Waals surface area (Å²) in [5.74, 6) is -2.88. The maximum absolute atomic E-state index is 12.3. The van der Waals surface area contributed by atoms with Gasteiger partial charge in [0.2, 0.25) is 0 Å². The van der Waals surface area contributed by atoms with Gasteiger partial charge in [0.05, 0.1) is 21.8 Å². The van der Waals surface area contributed by atoms with Gasteiger partial charge < -0.3 is 15.3 Å². The quantitative estimate of drug-likeness (QED) is 0.475. The Hall–Kier alpha value is -2.42. The number of pyridine rings is 1. The molecule has 0 fully saturated rings. The summed E-state index contributed by atoms with van der Waals surface area (Å²) in [5, 5.41) is 43.1. The van der Waals surface area contributed by atoms with Gasteiger partial charge >= 0.3 is 17.4 Å². The molecule has 137 valence electrons. The van der Waals surface area contributed by atoms with Crippen molar-refractivity contribution in [3.05, 3.63) is 41.4 Å². The molecule has 1 heterocycles. The van der Waals surface area contributed by atoms with Crippen LogP contribution in [-0.2, 0) is 27.5 Å². The van der Waals surface area contributed by atoms with Crippen LogP contribution in [0.2, 0.25) is 5.02 Å². The van der Waals surface area contributed by atoms with Crippen LogP contribution >= 0.6 is 11.6 Å². The molecule has 0 saturated heterocycles. The summed E-state index contributed by atoms with van der Waals surface area (Å²) < 4.78 is 31.4. The van der Waals surface area contributed by atoms with Crippen LogP contribution in [0.4, 0.5) is 11.4 Å². The van der Waals surface area contributed by atoms with Crippen LogP contribution in [0.15, 0.2) is 51.5 Å². The van der Waals surface area contributed by atoms with Crippen molar-refractivity contribution in [1.82, 2.24) is 4.98 Å².